The van der Waals surface area contributed by atoms with Crippen LogP contribution in [0.4, 0.5) is 0 Å². The molecule has 0 spiro atoms. The Morgan fingerprint density at radius 3 is 2.77 bits per heavy atom. The van der Waals surface area contributed by atoms with Crippen molar-refractivity contribution in [3.63, 3.8) is 0 Å². The van der Waals surface area contributed by atoms with Gasteiger partial charge in [0.2, 0.25) is 5.60 Å². The van der Waals surface area contributed by atoms with Gasteiger partial charge in [0.15, 0.2) is 11.5 Å². The molecule has 1 aliphatic heterocycles. The van der Waals surface area contributed by atoms with Gasteiger partial charge in [-0.05, 0) is 36.8 Å². The standard InChI is InChI=1S/C22H25N5O3/c1-21(2)7-5-16-15(13-21)18(19(23)28)25-27(16)17-12-14(6-10-24-17)4-8-22(30)9-11-26(3)20(22)29/h6,10,12,30H,5,7,9,11,13H2,1-3H3,(H2,23,28)/t22-/m0/s1. The second-order valence-corrected chi connectivity index (χ2v) is 8.88. The summed E-state index contributed by atoms with van der Waals surface area (Å²) in [6, 6.07) is 3.44. The molecule has 0 radical (unpaired) electrons. The van der Waals surface area contributed by atoms with Crippen LogP contribution >= 0.6 is 0 Å². The molecule has 0 saturated carbocycles. The molecule has 0 unspecified atom stereocenters. The Morgan fingerprint density at radius 1 is 1.33 bits per heavy atom. The molecular weight excluding hydrogens is 382 g/mol. The fraction of sp³-hybridized carbons (Fsp3) is 0.455. The van der Waals surface area contributed by atoms with Crippen LogP contribution in [0.5, 0.6) is 0 Å². The summed E-state index contributed by atoms with van der Waals surface area (Å²) < 4.78 is 1.67. The predicted molar refractivity (Wildman–Crippen MR) is 110 cm³/mol. The molecule has 2 aromatic heterocycles. The molecule has 1 aliphatic carbocycles. The minimum Gasteiger partial charge on any atom is -0.369 e. The van der Waals surface area contributed by atoms with Crippen LogP contribution in [0.15, 0.2) is 18.3 Å². The van der Waals surface area contributed by atoms with E-state index in [1.165, 1.54) is 4.90 Å². The normalized spacial score (nSPS) is 22.4. The minimum absolute atomic E-state index is 0.0717. The zero-order valence-corrected chi connectivity index (χ0v) is 17.4. The second kappa shape index (κ2) is 6.96. The Kier molecular flexibility index (Phi) is 4.66. The lowest BCUT2D eigenvalue weighted by Crippen LogP contribution is -2.37. The summed E-state index contributed by atoms with van der Waals surface area (Å²) in [6.07, 6.45) is 4.32. The van der Waals surface area contributed by atoms with Gasteiger partial charge in [0, 0.05) is 37.3 Å². The summed E-state index contributed by atoms with van der Waals surface area (Å²) >= 11 is 0. The van der Waals surface area contributed by atoms with Gasteiger partial charge in [0.05, 0.1) is 5.69 Å². The fourth-order valence-corrected chi connectivity index (χ4v) is 4.10. The third kappa shape index (κ3) is 3.46. The molecule has 1 fully saturated rings. The molecule has 1 atom stereocenters. The van der Waals surface area contributed by atoms with Crippen molar-refractivity contribution in [1.29, 1.82) is 0 Å². The average molecular weight is 407 g/mol. The Bertz CT molecular complexity index is 1110. The van der Waals surface area contributed by atoms with Crippen LogP contribution in [0.25, 0.3) is 5.82 Å². The van der Waals surface area contributed by atoms with Crippen LogP contribution in [-0.4, -0.2) is 55.8 Å². The number of hydrogen-bond donors (Lipinski definition) is 2. The number of nitrogens with zero attached hydrogens (tertiary/aromatic N) is 4. The van der Waals surface area contributed by atoms with Crippen molar-refractivity contribution in [2.45, 2.75) is 45.1 Å². The van der Waals surface area contributed by atoms with Crippen molar-refractivity contribution in [2.24, 2.45) is 11.1 Å². The van der Waals surface area contributed by atoms with E-state index in [-0.39, 0.29) is 23.4 Å². The third-order valence-electron chi connectivity index (χ3n) is 5.90. The maximum Gasteiger partial charge on any atom is 0.269 e. The molecule has 0 aromatic carbocycles. The van der Waals surface area contributed by atoms with Gasteiger partial charge < -0.3 is 15.7 Å². The quantitative estimate of drug-likeness (QED) is 0.716. The highest BCUT2D eigenvalue weighted by molar-refractivity contribution is 5.93. The van der Waals surface area contributed by atoms with Crippen LogP contribution in [-0.2, 0) is 17.6 Å². The van der Waals surface area contributed by atoms with Gasteiger partial charge in [-0.25, -0.2) is 9.67 Å². The molecule has 156 valence electrons. The molecule has 2 aliphatic rings. The number of rotatable bonds is 2. The maximum atomic E-state index is 12.1. The number of pyridine rings is 1. The first-order valence-electron chi connectivity index (χ1n) is 9.98. The van der Waals surface area contributed by atoms with Crippen molar-refractivity contribution in [3.8, 4) is 17.7 Å². The van der Waals surface area contributed by atoms with Crippen molar-refractivity contribution in [3.05, 3.63) is 40.8 Å². The lowest BCUT2D eigenvalue weighted by atomic mass is 9.76. The van der Waals surface area contributed by atoms with Crippen LogP contribution in [0.3, 0.4) is 0 Å². The minimum atomic E-state index is -1.66. The number of hydrogen-bond acceptors (Lipinski definition) is 5. The van der Waals surface area contributed by atoms with Crippen molar-refractivity contribution >= 4 is 11.8 Å². The van der Waals surface area contributed by atoms with E-state index in [2.05, 4.69) is 35.8 Å². The molecule has 3 N–H and O–H groups in total. The highest BCUT2D eigenvalue weighted by Gasteiger charge is 2.42. The monoisotopic (exact) mass is 407 g/mol. The fourth-order valence-electron chi connectivity index (χ4n) is 4.10. The Balaban J connectivity index is 1.72. The first-order chi connectivity index (χ1) is 14.1. The number of aliphatic hydroxyl groups is 1. The summed E-state index contributed by atoms with van der Waals surface area (Å²) in [5.41, 5.74) is 6.69. The topological polar surface area (TPSA) is 114 Å². The van der Waals surface area contributed by atoms with E-state index in [1.807, 2.05) is 0 Å². The highest BCUT2D eigenvalue weighted by atomic mass is 16.3. The SMILES string of the molecule is CN1CC[C@@](O)(C#Cc2ccnc(-n3nc(C(N)=O)c4c3CCC(C)(C)C4)c2)C1=O. The Hall–Kier alpha value is -3.18. The first kappa shape index (κ1) is 20.1. The lowest BCUT2D eigenvalue weighted by Gasteiger charge is -2.29. The number of carbonyl (C=O) groups excluding carboxylic acids is 2. The number of carbonyl (C=O) groups is 2. The number of nitrogens with two attached hydrogens (primary N) is 1. The zero-order chi connectivity index (χ0) is 21.7. The van der Waals surface area contributed by atoms with Crippen molar-refractivity contribution in [1.82, 2.24) is 19.7 Å². The van der Waals surface area contributed by atoms with Gasteiger partial charge in [-0.15, -0.1) is 0 Å². The number of fused-ring (bicyclic) bond motifs is 1. The molecule has 0 bridgehead atoms. The van der Waals surface area contributed by atoms with E-state index in [9.17, 15) is 14.7 Å². The molecule has 4 rings (SSSR count). The number of primary amides is 1. The zero-order valence-electron chi connectivity index (χ0n) is 17.4. The van der Waals surface area contributed by atoms with Gasteiger partial charge in [-0.3, -0.25) is 9.59 Å². The number of likely N-dealkylation sites (N-methyl/N-ethyl adjacent to an activating group) is 1. The molecule has 8 nitrogen and oxygen atoms in total. The summed E-state index contributed by atoms with van der Waals surface area (Å²) in [5, 5.41) is 15.0. The van der Waals surface area contributed by atoms with Crippen LogP contribution in [0.2, 0.25) is 0 Å². The van der Waals surface area contributed by atoms with E-state index >= 15 is 0 Å². The Morgan fingerprint density at radius 2 is 2.10 bits per heavy atom. The van der Waals surface area contributed by atoms with Gasteiger partial charge >= 0.3 is 0 Å². The third-order valence-corrected chi connectivity index (χ3v) is 5.90. The first-order valence-corrected chi connectivity index (χ1v) is 9.98. The highest BCUT2D eigenvalue weighted by Crippen LogP contribution is 2.37. The number of amides is 2. The average Bonchev–Trinajstić information content (AvgIpc) is 3.19. The van der Waals surface area contributed by atoms with E-state index in [1.54, 1.807) is 30.1 Å². The summed E-state index contributed by atoms with van der Waals surface area (Å²) in [7, 11) is 1.64. The van der Waals surface area contributed by atoms with E-state index < -0.39 is 11.5 Å². The molecule has 2 aromatic rings. The summed E-state index contributed by atoms with van der Waals surface area (Å²) in [4.78, 5) is 30.0. The second-order valence-electron chi connectivity index (χ2n) is 8.88. The summed E-state index contributed by atoms with van der Waals surface area (Å²) in [6.45, 7) is 4.80. The van der Waals surface area contributed by atoms with Gasteiger partial charge in [-0.1, -0.05) is 25.7 Å². The molecule has 2 amide bonds. The van der Waals surface area contributed by atoms with E-state index in [0.717, 1.165) is 30.5 Å². The van der Waals surface area contributed by atoms with E-state index in [0.29, 0.717) is 17.9 Å². The lowest BCUT2D eigenvalue weighted by molar-refractivity contribution is -0.137. The summed E-state index contributed by atoms with van der Waals surface area (Å²) in [5.74, 6) is 5.18. The maximum absolute atomic E-state index is 12.1. The van der Waals surface area contributed by atoms with Crippen molar-refractivity contribution < 1.29 is 14.7 Å². The van der Waals surface area contributed by atoms with Gasteiger partial charge in [-0.2, -0.15) is 5.10 Å². The van der Waals surface area contributed by atoms with Crippen LogP contribution in [0, 0.1) is 17.3 Å². The smallest absolute Gasteiger partial charge is 0.269 e. The molecular formula is C22H25N5O3. The largest absolute Gasteiger partial charge is 0.369 e. The number of likely N-dealkylation sites (tertiary alicyclic amines) is 1. The molecule has 30 heavy (non-hydrogen) atoms. The van der Waals surface area contributed by atoms with Gasteiger partial charge in [0.1, 0.15) is 0 Å². The molecule has 8 heteroatoms. The molecule has 3 heterocycles. The van der Waals surface area contributed by atoms with Crippen molar-refractivity contribution in [2.75, 3.05) is 13.6 Å². The predicted octanol–water partition coefficient (Wildman–Crippen LogP) is 0.826. The Labute approximate surface area is 175 Å². The molecule has 1 saturated heterocycles. The van der Waals surface area contributed by atoms with Crippen LogP contribution in [0.1, 0.15) is 54.0 Å². The van der Waals surface area contributed by atoms with E-state index in [4.69, 9.17) is 5.73 Å². The van der Waals surface area contributed by atoms with Crippen LogP contribution < -0.4 is 5.73 Å². The number of aromatic nitrogens is 3. The van der Waals surface area contributed by atoms with Gasteiger partial charge in [0.25, 0.3) is 11.8 Å².